The molecule has 0 aromatic rings. The molecule has 1 saturated heterocycles. The molecule has 1 fully saturated rings. The first-order valence-electron chi connectivity index (χ1n) is 7.74. The first kappa shape index (κ1) is 19.6. The van der Waals surface area contributed by atoms with E-state index in [0.29, 0.717) is 17.4 Å². The third-order valence-corrected chi connectivity index (χ3v) is 6.33. The maximum absolute atomic E-state index is 11.9. The number of likely N-dealkylation sites (N-methyl/N-ethyl adjacent to an activating group) is 1. The normalized spacial score (nSPS) is 19.9. The van der Waals surface area contributed by atoms with Crippen LogP contribution in [0.2, 0.25) is 0 Å². The van der Waals surface area contributed by atoms with E-state index in [1.54, 1.807) is 0 Å². The average molecular weight is 350 g/mol. The summed E-state index contributed by atoms with van der Waals surface area (Å²) in [6.45, 7) is 0.468. The van der Waals surface area contributed by atoms with Crippen LogP contribution in [0.25, 0.3) is 0 Å². The molecule has 1 aliphatic rings. The van der Waals surface area contributed by atoms with Gasteiger partial charge < -0.3 is 19.1 Å². The van der Waals surface area contributed by atoms with E-state index in [4.69, 9.17) is 4.74 Å². The van der Waals surface area contributed by atoms with Gasteiger partial charge in [-0.15, -0.1) is 0 Å². The predicted octanol–water partition coefficient (Wildman–Crippen LogP) is 1.46. The van der Waals surface area contributed by atoms with Crippen molar-refractivity contribution < 1.29 is 23.9 Å². The Bertz CT molecular complexity index is 365. The highest BCUT2D eigenvalue weighted by Crippen LogP contribution is 2.39. The lowest BCUT2D eigenvalue weighted by Crippen LogP contribution is -2.45. The standard InChI is InChI=1S/C15H27NO4S2/c1-16(2,3)11-12(10-14(17)18)20-15(19)7-5-4-6-13-8-9-21-22-13/h12-13H,4-11H2,1-3H3. The predicted molar refractivity (Wildman–Crippen MR) is 89.3 cm³/mol. The number of ether oxygens (including phenoxy) is 1. The number of esters is 1. The van der Waals surface area contributed by atoms with Crippen molar-refractivity contribution in [3.8, 4) is 0 Å². The minimum Gasteiger partial charge on any atom is -0.550 e. The molecule has 2 unspecified atom stereocenters. The molecular formula is C15H27NO4S2. The average Bonchev–Trinajstić information content (AvgIpc) is 2.84. The van der Waals surface area contributed by atoms with Gasteiger partial charge in [0, 0.05) is 29.8 Å². The van der Waals surface area contributed by atoms with Crippen molar-refractivity contribution in [3.05, 3.63) is 0 Å². The van der Waals surface area contributed by atoms with Crippen LogP contribution in [0, 0.1) is 0 Å². The molecule has 0 aromatic carbocycles. The maximum atomic E-state index is 11.9. The van der Waals surface area contributed by atoms with Crippen LogP contribution >= 0.6 is 21.6 Å². The number of unbranched alkanes of at least 4 members (excludes halogenated alkanes) is 1. The van der Waals surface area contributed by atoms with Crippen molar-refractivity contribution in [1.82, 2.24) is 0 Å². The monoisotopic (exact) mass is 349 g/mol. The molecule has 7 heteroatoms. The fraction of sp³-hybridized carbons (Fsp3) is 0.867. The van der Waals surface area contributed by atoms with Crippen molar-refractivity contribution in [2.75, 3.05) is 33.4 Å². The Morgan fingerprint density at radius 2 is 2.05 bits per heavy atom. The number of carboxylic acid groups (broad SMARTS) is 1. The fourth-order valence-corrected chi connectivity index (χ4v) is 5.42. The van der Waals surface area contributed by atoms with Crippen molar-refractivity contribution >= 4 is 33.5 Å². The Morgan fingerprint density at radius 1 is 1.32 bits per heavy atom. The summed E-state index contributed by atoms with van der Waals surface area (Å²) in [5.74, 6) is -0.247. The van der Waals surface area contributed by atoms with Gasteiger partial charge in [0.05, 0.1) is 21.1 Å². The molecule has 5 nitrogen and oxygen atoms in total. The molecule has 22 heavy (non-hydrogen) atoms. The molecule has 2 atom stereocenters. The van der Waals surface area contributed by atoms with Crippen LogP contribution in [0.3, 0.4) is 0 Å². The number of hydrogen-bond acceptors (Lipinski definition) is 6. The van der Waals surface area contributed by atoms with E-state index >= 15 is 0 Å². The zero-order chi connectivity index (χ0) is 16.6. The minimum atomic E-state index is -1.18. The van der Waals surface area contributed by atoms with Crippen LogP contribution in [0.1, 0.15) is 38.5 Å². The highest BCUT2D eigenvalue weighted by Gasteiger charge is 2.22. The Morgan fingerprint density at radius 3 is 2.59 bits per heavy atom. The van der Waals surface area contributed by atoms with Gasteiger partial charge in [-0.2, -0.15) is 0 Å². The van der Waals surface area contributed by atoms with Crippen molar-refractivity contribution in [1.29, 1.82) is 0 Å². The lowest BCUT2D eigenvalue weighted by atomic mass is 10.1. The molecule has 0 amide bonds. The smallest absolute Gasteiger partial charge is 0.306 e. The van der Waals surface area contributed by atoms with E-state index in [1.165, 1.54) is 12.2 Å². The van der Waals surface area contributed by atoms with Crippen LogP contribution in [-0.4, -0.2) is 61.2 Å². The number of rotatable bonds is 10. The van der Waals surface area contributed by atoms with Crippen LogP contribution < -0.4 is 5.11 Å². The molecule has 0 bridgehead atoms. The van der Waals surface area contributed by atoms with E-state index in [9.17, 15) is 14.7 Å². The Kier molecular flexibility index (Phi) is 8.64. The summed E-state index contributed by atoms with van der Waals surface area (Å²) < 4.78 is 5.87. The molecule has 128 valence electrons. The molecule has 1 aliphatic heterocycles. The zero-order valence-electron chi connectivity index (χ0n) is 13.7. The van der Waals surface area contributed by atoms with E-state index in [2.05, 4.69) is 0 Å². The Hall–Kier alpha value is -0.400. The first-order valence-corrected chi connectivity index (χ1v) is 10.1. The van der Waals surface area contributed by atoms with Gasteiger partial charge in [0.25, 0.3) is 0 Å². The van der Waals surface area contributed by atoms with E-state index < -0.39 is 12.1 Å². The van der Waals surface area contributed by atoms with Gasteiger partial charge >= 0.3 is 5.97 Å². The Balaban J connectivity index is 2.24. The van der Waals surface area contributed by atoms with Crippen molar-refractivity contribution in [2.45, 2.75) is 49.9 Å². The van der Waals surface area contributed by atoms with Crippen LogP contribution in [0.5, 0.6) is 0 Å². The van der Waals surface area contributed by atoms with Gasteiger partial charge in [0.2, 0.25) is 0 Å². The number of nitrogens with zero attached hydrogens (tertiary/aromatic N) is 1. The molecule has 0 aliphatic carbocycles. The Labute approximate surface area is 141 Å². The SMILES string of the molecule is C[N+](C)(C)CC(CC(=O)[O-])OC(=O)CCCCC1CCSS1. The van der Waals surface area contributed by atoms with E-state index in [-0.39, 0.29) is 12.4 Å². The number of carboxylic acids is 1. The van der Waals surface area contributed by atoms with E-state index in [1.807, 2.05) is 42.7 Å². The molecule has 0 saturated carbocycles. The minimum absolute atomic E-state index is 0.239. The number of carbonyl (C=O) groups is 2. The number of hydrogen-bond donors (Lipinski definition) is 0. The van der Waals surface area contributed by atoms with Gasteiger partial charge in [-0.25, -0.2) is 0 Å². The number of aliphatic carboxylic acids is 1. The zero-order valence-corrected chi connectivity index (χ0v) is 15.3. The number of carbonyl (C=O) groups excluding carboxylic acids is 2. The summed E-state index contributed by atoms with van der Waals surface area (Å²) in [4.78, 5) is 22.6. The summed E-state index contributed by atoms with van der Waals surface area (Å²) in [7, 11) is 9.69. The van der Waals surface area contributed by atoms with Gasteiger partial charge in [-0.05, 0) is 19.3 Å². The van der Waals surface area contributed by atoms with Crippen LogP contribution in [0.15, 0.2) is 0 Å². The molecule has 0 radical (unpaired) electrons. The molecule has 0 aromatic heterocycles. The lowest BCUT2D eigenvalue weighted by molar-refractivity contribution is -0.873. The largest absolute Gasteiger partial charge is 0.550 e. The third-order valence-electron chi connectivity index (χ3n) is 3.33. The van der Waals surface area contributed by atoms with E-state index in [0.717, 1.165) is 24.5 Å². The van der Waals surface area contributed by atoms with Gasteiger partial charge in [0.15, 0.2) is 6.10 Å². The highest BCUT2D eigenvalue weighted by atomic mass is 33.1. The topological polar surface area (TPSA) is 66.4 Å². The summed E-state index contributed by atoms with van der Waals surface area (Å²) in [5.41, 5.74) is 0. The number of quaternary nitrogens is 1. The van der Waals surface area contributed by atoms with Gasteiger partial charge in [-0.1, -0.05) is 28.0 Å². The summed E-state index contributed by atoms with van der Waals surface area (Å²) in [5, 5.41) is 11.5. The quantitative estimate of drug-likeness (QED) is 0.257. The van der Waals surface area contributed by atoms with Crippen molar-refractivity contribution in [3.63, 3.8) is 0 Å². The van der Waals surface area contributed by atoms with Crippen LogP contribution in [-0.2, 0) is 14.3 Å². The summed E-state index contributed by atoms with van der Waals surface area (Å²) in [6, 6.07) is 0. The van der Waals surface area contributed by atoms with Gasteiger partial charge in [0.1, 0.15) is 6.54 Å². The molecule has 0 N–H and O–H groups in total. The first-order chi connectivity index (χ1) is 10.3. The molecule has 1 heterocycles. The highest BCUT2D eigenvalue weighted by molar-refractivity contribution is 8.77. The molecule has 0 spiro atoms. The fourth-order valence-electron chi connectivity index (χ4n) is 2.39. The summed E-state index contributed by atoms with van der Waals surface area (Å²) >= 11 is 0. The second-order valence-electron chi connectivity index (χ2n) is 6.74. The second-order valence-corrected chi connectivity index (χ2v) is 9.52. The van der Waals surface area contributed by atoms with Crippen LogP contribution in [0.4, 0.5) is 0 Å². The van der Waals surface area contributed by atoms with Gasteiger partial charge in [-0.3, -0.25) is 4.79 Å². The molecular weight excluding hydrogens is 322 g/mol. The van der Waals surface area contributed by atoms with Crippen molar-refractivity contribution in [2.24, 2.45) is 0 Å². The molecule has 1 rings (SSSR count). The summed E-state index contributed by atoms with van der Waals surface area (Å²) in [6.07, 6.45) is 3.75. The lowest BCUT2D eigenvalue weighted by Gasteiger charge is -2.29. The third kappa shape index (κ3) is 9.58. The maximum Gasteiger partial charge on any atom is 0.306 e. The second kappa shape index (κ2) is 9.67.